The van der Waals surface area contributed by atoms with E-state index in [2.05, 4.69) is 16.0 Å². The van der Waals surface area contributed by atoms with Crippen molar-refractivity contribution in [3.05, 3.63) is 0 Å². The Kier molecular flexibility index (Phi) is 7.58. The van der Waals surface area contributed by atoms with Crippen LogP contribution in [0, 0.1) is 5.92 Å². The van der Waals surface area contributed by atoms with Crippen molar-refractivity contribution in [2.45, 2.75) is 64.5 Å². The van der Waals surface area contributed by atoms with E-state index in [1.807, 2.05) is 13.8 Å². The molecule has 10 nitrogen and oxygen atoms in total. The first kappa shape index (κ1) is 22.6. The van der Waals surface area contributed by atoms with Gasteiger partial charge in [0.15, 0.2) is 6.61 Å². The Morgan fingerprint density at radius 1 is 1.31 bits per heavy atom. The fraction of sp³-hybridized carbons (Fsp3) is 0.737. The maximum atomic E-state index is 12.8. The van der Waals surface area contributed by atoms with Crippen molar-refractivity contribution in [2.24, 2.45) is 5.92 Å². The van der Waals surface area contributed by atoms with Gasteiger partial charge in [-0.05, 0) is 32.1 Å². The van der Waals surface area contributed by atoms with Gasteiger partial charge >= 0.3 is 12.0 Å². The van der Waals surface area contributed by atoms with Crippen molar-refractivity contribution in [1.29, 1.82) is 0 Å². The minimum Gasteiger partial charge on any atom is -0.454 e. The van der Waals surface area contributed by atoms with E-state index in [0.717, 1.165) is 30.6 Å². The number of hydrogen-bond acceptors (Lipinski definition) is 6. The summed E-state index contributed by atoms with van der Waals surface area (Å²) in [6, 6.07) is -1.39. The number of carbonyl (C=O) groups excluding carboxylic acids is 5. The summed E-state index contributed by atoms with van der Waals surface area (Å²) in [6.45, 7) is 4.68. The number of hydrogen-bond donors (Lipinski definition) is 3. The second-order valence-corrected chi connectivity index (χ2v) is 7.68. The number of urea groups is 1. The zero-order valence-electron chi connectivity index (χ0n) is 17.2. The summed E-state index contributed by atoms with van der Waals surface area (Å²) in [7, 11) is 0. The molecule has 3 N–H and O–H groups in total. The molecule has 162 valence electrons. The topological polar surface area (TPSA) is 134 Å². The highest BCUT2D eigenvalue weighted by atomic mass is 16.5. The van der Waals surface area contributed by atoms with E-state index in [1.54, 1.807) is 0 Å². The second-order valence-electron chi connectivity index (χ2n) is 7.68. The number of amides is 5. The van der Waals surface area contributed by atoms with Gasteiger partial charge in [-0.15, -0.1) is 0 Å². The third-order valence-electron chi connectivity index (χ3n) is 5.47. The van der Waals surface area contributed by atoms with Crippen LogP contribution in [0.1, 0.15) is 52.9 Å². The first-order chi connectivity index (χ1) is 13.7. The molecule has 1 spiro atoms. The van der Waals surface area contributed by atoms with Gasteiger partial charge in [-0.2, -0.15) is 0 Å². The van der Waals surface area contributed by atoms with Crippen LogP contribution in [0.4, 0.5) is 4.79 Å². The van der Waals surface area contributed by atoms with Gasteiger partial charge in [0.2, 0.25) is 5.91 Å². The van der Waals surface area contributed by atoms with E-state index >= 15 is 0 Å². The highest BCUT2D eigenvalue weighted by molar-refractivity contribution is 6.09. The molecule has 2 fully saturated rings. The van der Waals surface area contributed by atoms with Crippen LogP contribution < -0.4 is 16.0 Å². The molecule has 10 heteroatoms. The predicted molar refractivity (Wildman–Crippen MR) is 102 cm³/mol. The Morgan fingerprint density at radius 3 is 2.69 bits per heavy atom. The van der Waals surface area contributed by atoms with Crippen molar-refractivity contribution in [2.75, 3.05) is 19.7 Å². The molecule has 0 aromatic rings. The van der Waals surface area contributed by atoms with E-state index in [4.69, 9.17) is 4.74 Å². The molecule has 1 aliphatic heterocycles. The van der Waals surface area contributed by atoms with E-state index in [0.29, 0.717) is 13.0 Å². The SMILES string of the molecule is CCCNC(=O)[C@@H](C)NC(=O)COC(=O)CN1C(=O)N[C@@]2(CCCC[C@@H]2C)C1=O. The minimum atomic E-state index is -0.950. The number of ether oxygens (including phenoxy) is 1. The monoisotopic (exact) mass is 410 g/mol. The van der Waals surface area contributed by atoms with Gasteiger partial charge in [-0.3, -0.25) is 24.1 Å². The fourth-order valence-corrected chi connectivity index (χ4v) is 3.71. The summed E-state index contributed by atoms with van der Waals surface area (Å²) in [4.78, 5) is 61.5. The van der Waals surface area contributed by atoms with Crippen molar-refractivity contribution < 1.29 is 28.7 Å². The molecule has 3 atom stereocenters. The maximum absolute atomic E-state index is 12.8. The summed E-state index contributed by atoms with van der Waals surface area (Å²) in [5.74, 6) is -2.28. The van der Waals surface area contributed by atoms with Crippen molar-refractivity contribution in [3.63, 3.8) is 0 Å². The third kappa shape index (κ3) is 5.24. The number of nitrogens with zero attached hydrogens (tertiary/aromatic N) is 1. The van der Waals surface area contributed by atoms with Gasteiger partial charge in [0.1, 0.15) is 18.1 Å². The van der Waals surface area contributed by atoms with Gasteiger partial charge in [0, 0.05) is 6.54 Å². The van der Waals surface area contributed by atoms with E-state index in [9.17, 15) is 24.0 Å². The van der Waals surface area contributed by atoms with Crippen LogP contribution in [0.15, 0.2) is 0 Å². The molecular formula is C19H30N4O6. The summed E-state index contributed by atoms with van der Waals surface area (Å²) in [6.07, 6.45) is 3.98. The van der Waals surface area contributed by atoms with Crippen molar-refractivity contribution >= 4 is 29.7 Å². The lowest BCUT2D eigenvalue weighted by molar-refractivity contribution is -0.151. The number of imide groups is 1. The Bertz CT molecular complexity index is 682. The highest BCUT2D eigenvalue weighted by Gasteiger charge is 2.55. The Labute approximate surface area is 170 Å². The zero-order chi connectivity index (χ0) is 21.6. The molecular weight excluding hydrogens is 380 g/mol. The van der Waals surface area contributed by atoms with E-state index < -0.39 is 48.5 Å². The molecule has 1 heterocycles. The lowest BCUT2D eigenvalue weighted by Gasteiger charge is -2.36. The molecule has 0 radical (unpaired) electrons. The van der Waals surface area contributed by atoms with Gasteiger partial charge in [0.05, 0.1) is 0 Å². The van der Waals surface area contributed by atoms with Crippen molar-refractivity contribution in [1.82, 2.24) is 20.9 Å². The predicted octanol–water partition coefficient (Wildman–Crippen LogP) is 0.0612. The fourth-order valence-electron chi connectivity index (χ4n) is 3.71. The molecule has 1 aliphatic carbocycles. The third-order valence-corrected chi connectivity index (χ3v) is 5.47. The maximum Gasteiger partial charge on any atom is 0.326 e. The number of nitrogens with one attached hydrogen (secondary N) is 3. The van der Waals surface area contributed by atoms with Crippen LogP contribution in [0.5, 0.6) is 0 Å². The van der Waals surface area contributed by atoms with Crippen LogP contribution in [-0.2, 0) is 23.9 Å². The molecule has 5 amide bonds. The van der Waals surface area contributed by atoms with Crippen LogP contribution in [0.25, 0.3) is 0 Å². The minimum absolute atomic E-state index is 0.0140. The number of carbonyl (C=O) groups is 5. The van der Waals surface area contributed by atoms with Crippen LogP contribution in [0.3, 0.4) is 0 Å². The number of esters is 1. The normalized spacial score (nSPS) is 24.8. The van der Waals surface area contributed by atoms with Gasteiger partial charge in [-0.1, -0.05) is 26.7 Å². The van der Waals surface area contributed by atoms with Crippen molar-refractivity contribution in [3.8, 4) is 0 Å². The second kappa shape index (κ2) is 9.71. The molecule has 1 saturated heterocycles. The largest absolute Gasteiger partial charge is 0.454 e. The molecule has 0 aromatic carbocycles. The Morgan fingerprint density at radius 2 is 2.03 bits per heavy atom. The smallest absolute Gasteiger partial charge is 0.326 e. The zero-order valence-corrected chi connectivity index (χ0v) is 17.2. The molecule has 0 aromatic heterocycles. The van der Waals surface area contributed by atoms with Gasteiger partial charge < -0.3 is 20.7 Å². The van der Waals surface area contributed by atoms with Crippen LogP contribution >= 0.6 is 0 Å². The highest BCUT2D eigenvalue weighted by Crippen LogP contribution is 2.38. The summed E-state index contributed by atoms with van der Waals surface area (Å²) >= 11 is 0. The molecule has 1 saturated carbocycles. The number of rotatable bonds is 8. The summed E-state index contributed by atoms with van der Waals surface area (Å²) in [5.41, 5.74) is -0.950. The van der Waals surface area contributed by atoms with Gasteiger partial charge in [-0.25, -0.2) is 4.79 Å². The molecule has 2 rings (SSSR count). The van der Waals surface area contributed by atoms with Crippen LogP contribution in [-0.4, -0.2) is 65.9 Å². The lowest BCUT2D eigenvalue weighted by Crippen LogP contribution is -2.54. The molecule has 29 heavy (non-hydrogen) atoms. The molecule has 2 aliphatic rings. The quantitative estimate of drug-likeness (QED) is 0.383. The van der Waals surface area contributed by atoms with E-state index in [1.165, 1.54) is 6.92 Å². The average Bonchev–Trinajstić information content (AvgIpc) is 2.91. The van der Waals surface area contributed by atoms with Crippen LogP contribution in [0.2, 0.25) is 0 Å². The van der Waals surface area contributed by atoms with E-state index in [-0.39, 0.29) is 11.8 Å². The molecule has 0 unspecified atom stereocenters. The lowest BCUT2D eigenvalue weighted by atomic mass is 9.73. The average molecular weight is 410 g/mol. The Balaban J connectivity index is 1.82. The summed E-state index contributed by atoms with van der Waals surface area (Å²) in [5, 5.41) is 7.81. The standard InChI is InChI=1S/C19H30N4O6/c1-4-9-20-16(26)13(3)21-14(24)11-29-15(25)10-23-17(27)19(22-18(23)28)8-6-5-7-12(19)2/h12-13H,4-11H2,1-3H3,(H,20,26)(H,21,24)(H,22,28)/t12-,13+,19+/m0/s1. The van der Waals surface area contributed by atoms with Gasteiger partial charge in [0.25, 0.3) is 11.8 Å². The first-order valence-electron chi connectivity index (χ1n) is 10.1. The first-order valence-corrected chi connectivity index (χ1v) is 10.1. The Hall–Kier alpha value is -2.65. The molecule has 0 bridgehead atoms. The summed E-state index contributed by atoms with van der Waals surface area (Å²) < 4.78 is 4.87.